The van der Waals surface area contributed by atoms with Crippen molar-refractivity contribution in [1.29, 1.82) is 0 Å². The fourth-order valence-electron chi connectivity index (χ4n) is 0.937. The van der Waals surface area contributed by atoms with Crippen molar-refractivity contribution in [3.63, 3.8) is 0 Å². The number of hydrogen-bond acceptors (Lipinski definition) is 4. The van der Waals surface area contributed by atoms with Gasteiger partial charge in [-0.3, -0.25) is 10.6 Å². The Morgan fingerprint density at radius 3 is 3.00 bits per heavy atom. The molecule has 1 rings (SSSR count). The third-order valence-electron chi connectivity index (χ3n) is 1.58. The number of nitrogens with zero attached hydrogens (tertiary/aromatic N) is 2. The van der Waals surface area contributed by atoms with Crippen LogP contribution in [-0.4, -0.2) is 9.78 Å². The first-order valence-corrected chi connectivity index (χ1v) is 4.72. The Balaban J connectivity index is 3.16. The number of nitrogens with two attached hydrogens (primary N) is 1. The van der Waals surface area contributed by atoms with E-state index in [2.05, 4.69) is 26.5 Å². The van der Waals surface area contributed by atoms with Crippen LogP contribution < -0.4 is 16.8 Å². The minimum atomic E-state index is -0.169. The highest BCUT2D eigenvalue weighted by atomic mass is 79.9. The molecule has 0 atom stereocenters. The molecule has 0 bridgehead atoms. The first-order valence-electron chi connectivity index (χ1n) is 3.93. The first kappa shape index (κ1) is 10.2. The van der Waals surface area contributed by atoms with E-state index in [1.54, 1.807) is 0 Å². The molecular weight excluding hydrogens is 236 g/mol. The lowest BCUT2D eigenvalue weighted by Crippen LogP contribution is -2.25. The molecule has 3 N–H and O–H groups in total. The number of hydrazine groups is 1. The van der Waals surface area contributed by atoms with Crippen LogP contribution in [0.5, 0.6) is 0 Å². The molecule has 5 nitrogen and oxygen atoms in total. The number of rotatable bonds is 3. The summed E-state index contributed by atoms with van der Waals surface area (Å²) in [5.74, 6) is 5.18. The van der Waals surface area contributed by atoms with Gasteiger partial charge in [0, 0.05) is 6.54 Å². The molecule has 0 fully saturated rings. The lowest BCUT2D eigenvalue weighted by Gasteiger charge is -2.05. The number of aryl methyl sites for hydroxylation is 1. The molecule has 6 heteroatoms. The van der Waals surface area contributed by atoms with E-state index >= 15 is 0 Å². The summed E-state index contributed by atoms with van der Waals surface area (Å²) in [5, 5.41) is 3.93. The van der Waals surface area contributed by atoms with E-state index in [0.29, 0.717) is 16.7 Å². The monoisotopic (exact) mass is 246 g/mol. The average molecular weight is 247 g/mol. The largest absolute Gasteiger partial charge is 0.321 e. The lowest BCUT2D eigenvalue weighted by molar-refractivity contribution is 0.566. The molecule has 13 heavy (non-hydrogen) atoms. The molecular formula is C7H11BrN4O. The van der Waals surface area contributed by atoms with E-state index in [0.717, 1.165) is 6.42 Å². The minimum absolute atomic E-state index is 0.169. The topological polar surface area (TPSA) is 72.9 Å². The highest BCUT2D eigenvalue weighted by Gasteiger charge is 2.06. The van der Waals surface area contributed by atoms with Gasteiger partial charge < -0.3 is 5.43 Å². The van der Waals surface area contributed by atoms with Gasteiger partial charge in [-0.2, -0.15) is 5.10 Å². The molecule has 0 saturated carbocycles. The van der Waals surface area contributed by atoms with Crippen LogP contribution in [0.15, 0.2) is 15.5 Å². The molecule has 0 saturated heterocycles. The Morgan fingerprint density at radius 2 is 2.46 bits per heavy atom. The van der Waals surface area contributed by atoms with Gasteiger partial charge >= 0.3 is 0 Å². The minimum Gasteiger partial charge on any atom is -0.321 e. The maximum absolute atomic E-state index is 11.5. The standard InChI is InChI=1S/C7H11BrN4O/c1-2-3-12-7(13)6(8)5(11-9)4-10-12/h4,11H,2-3,9H2,1H3. The first-order chi connectivity index (χ1) is 6.20. The Kier molecular flexibility index (Phi) is 3.44. The average Bonchev–Trinajstić information content (AvgIpc) is 2.14. The maximum atomic E-state index is 11.5. The summed E-state index contributed by atoms with van der Waals surface area (Å²) in [6.07, 6.45) is 2.38. The van der Waals surface area contributed by atoms with Crippen LogP contribution in [0.1, 0.15) is 13.3 Å². The predicted molar refractivity (Wildman–Crippen MR) is 54.3 cm³/mol. The van der Waals surface area contributed by atoms with Crippen molar-refractivity contribution in [2.45, 2.75) is 19.9 Å². The van der Waals surface area contributed by atoms with E-state index in [-0.39, 0.29) is 5.56 Å². The van der Waals surface area contributed by atoms with Gasteiger partial charge in [-0.25, -0.2) is 4.68 Å². The van der Waals surface area contributed by atoms with Gasteiger partial charge in [0.1, 0.15) is 4.47 Å². The predicted octanol–water partition coefficient (Wildman–Crippen LogP) is 0.701. The van der Waals surface area contributed by atoms with Crippen LogP contribution in [0.3, 0.4) is 0 Å². The van der Waals surface area contributed by atoms with Crippen LogP contribution >= 0.6 is 15.9 Å². The number of halogens is 1. The summed E-state index contributed by atoms with van der Waals surface area (Å²) >= 11 is 3.15. The van der Waals surface area contributed by atoms with Crippen molar-refractivity contribution < 1.29 is 0 Å². The fourth-order valence-corrected chi connectivity index (χ4v) is 1.36. The lowest BCUT2D eigenvalue weighted by atomic mass is 10.4. The zero-order chi connectivity index (χ0) is 9.84. The van der Waals surface area contributed by atoms with Gasteiger partial charge in [0.2, 0.25) is 0 Å². The summed E-state index contributed by atoms with van der Waals surface area (Å²) in [6, 6.07) is 0. The normalized spacial score (nSPS) is 10.1. The van der Waals surface area contributed by atoms with Crippen LogP contribution in [0.4, 0.5) is 5.69 Å². The highest BCUT2D eigenvalue weighted by Crippen LogP contribution is 2.13. The Bertz CT molecular complexity index is 349. The smallest absolute Gasteiger partial charge is 0.283 e. The van der Waals surface area contributed by atoms with E-state index in [1.807, 2.05) is 6.92 Å². The van der Waals surface area contributed by atoms with Crippen molar-refractivity contribution in [1.82, 2.24) is 9.78 Å². The van der Waals surface area contributed by atoms with E-state index < -0.39 is 0 Å². The number of aromatic nitrogens is 2. The number of hydrogen-bond donors (Lipinski definition) is 2. The van der Waals surface area contributed by atoms with Crippen molar-refractivity contribution in [3.05, 3.63) is 21.0 Å². The molecule has 0 aromatic carbocycles. The summed E-state index contributed by atoms with van der Waals surface area (Å²) in [6.45, 7) is 2.60. The zero-order valence-corrected chi connectivity index (χ0v) is 8.84. The number of nitrogens with one attached hydrogen (secondary N) is 1. The Labute approximate surface area is 84.0 Å². The summed E-state index contributed by atoms with van der Waals surface area (Å²) in [7, 11) is 0. The van der Waals surface area contributed by atoms with Gasteiger partial charge in [0.05, 0.1) is 11.9 Å². The SMILES string of the molecule is CCCn1ncc(NN)c(Br)c1=O. The third-order valence-corrected chi connectivity index (χ3v) is 2.34. The zero-order valence-electron chi connectivity index (χ0n) is 7.25. The second kappa shape index (κ2) is 4.38. The summed E-state index contributed by atoms with van der Waals surface area (Å²) in [5.41, 5.74) is 2.71. The molecule has 0 aliphatic heterocycles. The number of anilines is 1. The Hall–Kier alpha value is -0.880. The van der Waals surface area contributed by atoms with Gasteiger partial charge in [0.25, 0.3) is 5.56 Å². The van der Waals surface area contributed by atoms with Crippen LogP contribution in [0, 0.1) is 0 Å². The van der Waals surface area contributed by atoms with Gasteiger partial charge in [0.15, 0.2) is 0 Å². The second-order valence-corrected chi connectivity index (χ2v) is 3.34. The maximum Gasteiger partial charge on any atom is 0.283 e. The van der Waals surface area contributed by atoms with Crippen molar-refractivity contribution in [3.8, 4) is 0 Å². The molecule has 1 heterocycles. The molecule has 0 aliphatic rings. The molecule has 1 aromatic heterocycles. The van der Waals surface area contributed by atoms with Crippen molar-refractivity contribution in [2.24, 2.45) is 5.84 Å². The summed E-state index contributed by atoms with van der Waals surface area (Å²) in [4.78, 5) is 11.5. The third kappa shape index (κ3) is 2.07. The molecule has 0 spiro atoms. The highest BCUT2D eigenvalue weighted by molar-refractivity contribution is 9.10. The molecule has 72 valence electrons. The van der Waals surface area contributed by atoms with E-state index in [9.17, 15) is 4.79 Å². The molecule has 0 radical (unpaired) electrons. The molecule has 0 aliphatic carbocycles. The van der Waals surface area contributed by atoms with Crippen molar-refractivity contribution in [2.75, 3.05) is 5.43 Å². The molecule has 0 unspecified atom stereocenters. The van der Waals surface area contributed by atoms with Gasteiger partial charge in [-0.05, 0) is 22.4 Å². The van der Waals surface area contributed by atoms with Gasteiger partial charge in [-0.1, -0.05) is 6.92 Å². The Morgan fingerprint density at radius 1 is 1.77 bits per heavy atom. The van der Waals surface area contributed by atoms with E-state index in [4.69, 9.17) is 5.84 Å². The van der Waals surface area contributed by atoms with Crippen LogP contribution in [0.2, 0.25) is 0 Å². The van der Waals surface area contributed by atoms with Crippen LogP contribution in [0.25, 0.3) is 0 Å². The van der Waals surface area contributed by atoms with Crippen molar-refractivity contribution >= 4 is 21.6 Å². The fraction of sp³-hybridized carbons (Fsp3) is 0.429. The quantitative estimate of drug-likeness (QED) is 0.609. The van der Waals surface area contributed by atoms with Crippen LogP contribution in [-0.2, 0) is 6.54 Å². The molecule has 0 amide bonds. The number of nitrogen functional groups attached to an aromatic ring is 1. The molecule has 1 aromatic rings. The summed E-state index contributed by atoms with van der Waals surface area (Å²) < 4.78 is 1.81. The van der Waals surface area contributed by atoms with Gasteiger partial charge in [-0.15, -0.1) is 0 Å². The second-order valence-electron chi connectivity index (χ2n) is 2.54. The van der Waals surface area contributed by atoms with E-state index in [1.165, 1.54) is 10.9 Å².